The van der Waals surface area contributed by atoms with Crippen LogP contribution in [0.4, 0.5) is 0 Å². The largest absolute Gasteiger partial charge is 0.347 e. The molecule has 1 heterocycles. The standard InChI is InChI=1S/C17H26N2/c1-5-14(4)12-19-10-9-15-7-6-8-16(17(15)19)11-18-13(2)3/h6-10,13-14,18H,5,11-12H2,1-4H3. The molecule has 0 aliphatic rings. The van der Waals surface area contributed by atoms with Crippen LogP contribution < -0.4 is 5.32 Å². The van der Waals surface area contributed by atoms with Gasteiger partial charge in [0.25, 0.3) is 0 Å². The molecular formula is C17H26N2. The molecule has 2 heteroatoms. The summed E-state index contributed by atoms with van der Waals surface area (Å²) in [4.78, 5) is 0. The lowest BCUT2D eigenvalue weighted by Crippen LogP contribution is -2.22. The second-order valence-corrected chi connectivity index (χ2v) is 5.87. The molecule has 1 N–H and O–H groups in total. The Hall–Kier alpha value is -1.28. The van der Waals surface area contributed by atoms with E-state index in [0.29, 0.717) is 6.04 Å². The number of fused-ring (bicyclic) bond motifs is 1. The molecule has 0 saturated carbocycles. The fourth-order valence-corrected chi connectivity index (χ4v) is 2.41. The summed E-state index contributed by atoms with van der Waals surface area (Å²) in [7, 11) is 0. The molecule has 0 aliphatic carbocycles. The Morgan fingerprint density at radius 2 is 1.95 bits per heavy atom. The zero-order chi connectivity index (χ0) is 13.8. The van der Waals surface area contributed by atoms with Gasteiger partial charge in [0, 0.05) is 25.3 Å². The van der Waals surface area contributed by atoms with Crippen molar-refractivity contribution in [2.75, 3.05) is 0 Å². The minimum atomic E-state index is 0.522. The lowest BCUT2D eigenvalue weighted by molar-refractivity contribution is 0.476. The van der Waals surface area contributed by atoms with Crippen molar-refractivity contribution in [3.05, 3.63) is 36.0 Å². The van der Waals surface area contributed by atoms with Crippen molar-refractivity contribution in [3.8, 4) is 0 Å². The highest BCUT2D eigenvalue weighted by Gasteiger charge is 2.09. The van der Waals surface area contributed by atoms with E-state index in [-0.39, 0.29) is 0 Å². The van der Waals surface area contributed by atoms with E-state index in [1.54, 1.807) is 0 Å². The predicted molar refractivity (Wildman–Crippen MR) is 83.4 cm³/mol. The summed E-state index contributed by atoms with van der Waals surface area (Å²) in [6.07, 6.45) is 3.46. The summed E-state index contributed by atoms with van der Waals surface area (Å²) in [5, 5.41) is 4.88. The summed E-state index contributed by atoms with van der Waals surface area (Å²) < 4.78 is 2.42. The molecular weight excluding hydrogens is 232 g/mol. The SMILES string of the molecule is CCC(C)Cn1ccc2cccc(CNC(C)C)c21. The van der Waals surface area contributed by atoms with Gasteiger partial charge in [0.1, 0.15) is 0 Å². The third-order valence-corrected chi connectivity index (χ3v) is 3.78. The number of nitrogens with one attached hydrogen (secondary N) is 1. The smallest absolute Gasteiger partial charge is 0.0525 e. The average Bonchev–Trinajstić information content (AvgIpc) is 2.80. The molecule has 0 amide bonds. The van der Waals surface area contributed by atoms with Crippen molar-refractivity contribution in [2.24, 2.45) is 5.92 Å². The van der Waals surface area contributed by atoms with E-state index in [9.17, 15) is 0 Å². The zero-order valence-electron chi connectivity index (χ0n) is 12.6. The van der Waals surface area contributed by atoms with E-state index < -0.39 is 0 Å². The van der Waals surface area contributed by atoms with E-state index in [1.165, 1.54) is 22.9 Å². The highest BCUT2D eigenvalue weighted by Crippen LogP contribution is 2.22. The highest BCUT2D eigenvalue weighted by molar-refractivity contribution is 5.83. The number of hydrogen-bond acceptors (Lipinski definition) is 1. The van der Waals surface area contributed by atoms with E-state index in [2.05, 4.69) is 68.0 Å². The first-order chi connectivity index (χ1) is 9.11. The summed E-state index contributed by atoms with van der Waals surface area (Å²) >= 11 is 0. The Balaban J connectivity index is 2.32. The van der Waals surface area contributed by atoms with Crippen molar-refractivity contribution in [1.29, 1.82) is 0 Å². The van der Waals surface area contributed by atoms with Gasteiger partial charge in [0.05, 0.1) is 5.52 Å². The molecule has 0 spiro atoms. The Morgan fingerprint density at radius 3 is 2.63 bits per heavy atom. The highest BCUT2D eigenvalue weighted by atomic mass is 15.0. The second kappa shape index (κ2) is 6.25. The molecule has 0 bridgehead atoms. The average molecular weight is 258 g/mol. The van der Waals surface area contributed by atoms with E-state index in [0.717, 1.165) is 19.0 Å². The predicted octanol–water partition coefficient (Wildman–Crippen LogP) is 4.19. The number of benzene rings is 1. The maximum Gasteiger partial charge on any atom is 0.0525 e. The Bertz CT molecular complexity index is 525. The van der Waals surface area contributed by atoms with Gasteiger partial charge in [-0.05, 0) is 22.9 Å². The number of nitrogens with zero attached hydrogens (tertiary/aromatic N) is 1. The maximum atomic E-state index is 3.52. The van der Waals surface area contributed by atoms with Crippen molar-refractivity contribution in [1.82, 2.24) is 9.88 Å². The molecule has 1 atom stereocenters. The van der Waals surface area contributed by atoms with Gasteiger partial charge in [-0.25, -0.2) is 0 Å². The first-order valence-corrected chi connectivity index (χ1v) is 7.42. The van der Waals surface area contributed by atoms with Crippen LogP contribution in [0.5, 0.6) is 0 Å². The minimum Gasteiger partial charge on any atom is -0.347 e. The van der Waals surface area contributed by atoms with Gasteiger partial charge in [-0.2, -0.15) is 0 Å². The van der Waals surface area contributed by atoms with Crippen molar-refractivity contribution < 1.29 is 0 Å². The van der Waals surface area contributed by atoms with E-state index >= 15 is 0 Å². The molecule has 1 aromatic carbocycles. The minimum absolute atomic E-state index is 0.522. The topological polar surface area (TPSA) is 17.0 Å². The Kier molecular flexibility index (Phi) is 4.65. The fraction of sp³-hybridized carbons (Fsp3) is 0.529. The monoisotopic (exact) mass is 258 g/mol. The molecule has 104 valence electrons. The van der Waals surface area contributed by atoms with Gasteiger partial charge in [-0.15, -0.1) is 0 Å². The molecule has 2 aromatic rings. The van der Waals surface area contributed by atoms with Crippen LogP contribution in [0, 0.1) is 5.92 Å². The summed E-state index contributed by atoms with van der Waals surface area (Å²) in [6, 6.07) is 9.36. The Labute approximate surface area is 116 Å². The quantitative estimate of drug-likeness (QED) is 0.822. The number of para-hydroxylation sites is 1. The van der Waals surface area contributed by atoms with Gasteiger partial charge in [-0.3, -0.25) is 0 Å². The van der Waals surface area contributed by atoms with E-state index in [1.807, 2.05) is 0 Å². The third-order valence-electron chi connectivity index (χ3n) is 3.78. The van der Waals surface area contributed by atoms with Crippen LogP contribution in [0.1, 0.15) is 39.7 Å². The van der Waals surface area contributed by atoms with Crippen LogP contribution in [0.3, 0.4) is 0 Å². The molecule has 2 rings (SSSR count). The van der Waals surface area contributed by atoms with Crippen molar-refractivity contribution in [2.45, 2.75) is 53.2 Å². The van der Waals surface area contributed by atoms with Crippen LogP contribution in [-0.2, 0) is 13.1 Å². The van der Waals surface area contributed by atoms with Crippen molar-refractivity contribution in [3.63, 3.8) is 0 Å². The van der Waals surface area contributed by atoms with Crippen LogP contribution in [0.15, 0.2) is 30.5 Å². The molecule has 1 unspecified atom stereocenters. The van der Waals surface area contributed by atoms with Gasteiger partial charge in [0.2, 0.25) is 0 Å². The zero-order valence-corrected chi connectivity index (χ0v) is 12.6. The van der Waals surface area contributed by atoms with E-state index in [4.69, 9.17) is 0 Å². The van der Waals surface area contributed by atoms with Gasteiger partial charge >= 0.3 is 0 Å². The van der Waals surface area contributed by atoms with Crippen LogP contribution in [0.2, 0.25) is 0 Å². The van der Waals surface area contributed by atoms with Crippen LogP contribution >= 0.6 is 0 Å². The summed E-state index contributed by atoms with van der Waals surface area (Å²) in [5.41, 5.74) is 2.80. The second-order valence-electron chi connectivity index (χ2n) is 5.87. The number of hydrogen-bond donors (Lipinski definition) is 1. The van der Waals surface area contributed by atoms with Gasteiger partial charge in [-0.1, -0.05) is 52.3 Å². The molecule has 0 aliphatic heterocycles. The summed E-state index contributed by atoms with van der Waals surface area (Å²) in [5.74, 6) is 0.724. The summed E-state index contributed by atoms with van der Waals surface area (Å²) in [6.45, 7) is 11.0. The number of rotatable bonds is 6. The van der Waals surface area contributed by atoms with Crippen LogP contribution in [-0.4, -0.2) is 10.6 Å². The van der Waals surface area contributed by atoms with Crippen LogP contribution in [0.25, 0.3) is 10.9 Å². The lowest BCUT2D eigenvalue weighted by Gasteiger charge is -2.15. The molecule has 2 nitrogen and oxygen atoms in total. The lowest BCUT2D eigenvalue weighted by atomic mass is 10.1. The maximum absolute atomic E-state index is 3.52. The molecule has 1 aromatic heterocycles. The fourth-order valence-electron chi connectivity index (χ4n) is 2.41. The number of aromatic nitrogens is 1. The van der Waals surface area contributed by atoms with Crippen molar-refractivity contribution >= 4 is 10.9 Å². The normalized spacial score (nSPS) is 13.3. The van der Waals surface area contributed by atoms with Gasteiger partial charge < -0.3 is 9.88 Å². The first kappa shape index (κ1) is 14.1. The third kappa shape index (κ3) is 3.38. The molecule has 0 saturated heterocycles. The van der Waals surface area contributed by atoms with Gasteiger partial charge in [0.15, 0.2) is 0 Å². The first-order valence-electron chi connectivity index (χ1n) is 7.42. The molecule has 0 radical (unpaired) electrons. The molecule has 19 heavy (non-hydrogen) atoms. The Morgan fingerprint density at radius 1 is 1.16 bits per heavy atom. The molecule has 0 fully saturated rings.